The largest absolute Gasteiger partial charge is 0.364 e. The van der Waals surface area contributed by atoms with Crippen molar-refractivity contribution in [3.8, 4) is 0 Å². The zero-order valence-electron chi connectivity index (χ0n) is 33.1. The van der Waals surface area contributed by atoms with E-state index in [9.17, 15) is 28.0 Å². The number of para-hydroxylation sites is 1. The normalized spacial score (nSPS) is 22.4. The van der Waals surface area contributed by atoms with Gasteiger partial charge in [-0.15, -0.1) is 0 Å². The molecule has 1 aromatic carbocycles. The summed E-state index contributed by atoms with van der Waals surface area (Å²) >= 11 is 0. The Balaban J connectivity index is 0.901. The number of carbonyl (C=O) groups excluding carboxylic acids is 3. The SMILES string of the molecule is CN(C)c1ccn2ncc(C(=O)Nc3cn(C4CCC(CN(C)C5CCN(c6cccc7c6n(C)c(=O)n7C6CCC(=O)NC6=O)CC5(F)F)CC4)nc3C(F)F)c2n1. The molecule has 314 valence electrons. The van der Waals surface area contributed by atoms with E-state index in [1.165, 1.54) is 30.7 Å². The Hall–Kier alpha value is -5.79. The molecule has 3 fully saturated rings. The van der Waals surface area contributed by atoms with E-state index < -0.39 is 60.1 Å². The highest BCUT2D eigenvalue weighted by Crippen LogP contribution is 2.39. The van der Waals surface area contributed by atoms with Crippen molar-refractivity contribution in [3.63, 3.8) is 0 Å². The van der Waals surface area contributed by atoms with Gasteiger partial charge in [0.2, 0.25) is 11.8 Å². The number of amides is 3. The Labute approximate surface area is 335 Å². The molecule has 59 heavy (non-hydrogen) atoms. The van der Waals surface area contributed by atoms with Crippen LogP contribution in [0.15, 0.2) is 47.7 Å². The fourth-order valence-electron chi connectivity index (χ4n) is 9.01. The van der Waals surface area contributed by atoms with Gasteiger partial charge in [0, 0.05) is 53.0 Å². The number of anilines is 3. The minimum atomic E-state index is -3.10. The average Bonchev–Trinajstić information content (AvgIpc) is 3.89. The lowest BCUT2D eigenvalue weighted by Crippen LogP contribution is -2.58. The highest BCUT2D eigenvalue weighted by atomic mass is 19.3. The first-order valence-electron chi connectivity index (χ1n) is 19.7. The number of hydrogen-bond donors (Lipinski definition) is 2. The predicted octanol–water partition coefficient (Wildman–Crippen LogP) is 4.39. The van der Waals surface area contributed by atoms with Crippen LogP contribution < -0.4 is 26.1 Å². The van der Waals surface area contributed by atoms with Gasteiger partial charge >= 0.3 is 5.69 Å². The van der Waals surface area contributed by atoms with Crippen molar-refractivity contribution in [2.24, 2.45) is 13.0 Å². The number of alkyl halides is 4. The zero-order valence-corrected chi connectivity index (χ0v) is 33.1. The van der Waals surface area contributed by atoms with E-state index in [2.05, 4.69) is 25.8 Å². The van der Waals surface area contributed by atoms with Gasteiger partial charge in [0.15, 0.2) is 11.3 Å². The Bertz CT molecular complexity index is 2480. The van der Waals surface area contributed by atoms with Crippen molar-refractivity contribution in [1.82, 2.24) is 43.7 Å². The lowest BCUT2D eigenvalue weighted by atomic mass is 9.85. The van der Waals surface area contributed by atoms with Crippen molar-refractivity contribution in [1.29, 1.82) is 0 Å². The van der Waals surface area contributed by atoms with Gasteiger partial charge in [0.25, 0.3) is 18.3 Å². The predicted molar refractivity (Wildman–Crippen MR) is 210 cm³/mol. The maximum Gasteiger partial charge on any atom is 0.329 e. The van der Waals surface area contributed by atoms with Crippen LogP contribution in [-0.2, 0) is 16.6 Å². The van der Waals surface area contributed by atoms with Crippen LogP contribution in [0.4, 0.5) is 34.8 Å². The molecule has 2 saturated heterocycles. The molecule has 8 rings (SSSR count). The number of piperidine rings is 2. The third kappa shape index (κ3) is 7.42. The van der Waals surface area contributed by atoms with Crippen LogP contribution in [-0.4, -0.2) is 109 Å². The molecule has 16 nitrogen and oxygen atoms in total. The average molecular weight is 823 g/mol. The van der Waals surface area contributed by atoms with Gasteiger partial charge in [-0.2, -0.15) is 10.2 Å². The second kappa shape index (κ2) is 15.4. The number of rotatable bonds is 10. The smallest absolute Gasteiger partial charge is 0.329 e. The molecule has 0 bridgehead atoms. The number of fused-ring (bicyclic) bond motifs is 2. The molecule has 1 aliphatic carbocycles. The number of halogens is 4. The molecule has 6 heterocycles. The maximum absolute atomic E-state index is 16.1. The number of benzene rings is 1. The van der Waals surface area contributed by atoms with Crippen LogP contribution in [0.5, 0.6) is 0 Å². The van der Waals surface area contributed by atoms with Gasteiger partial charge in [-0.05, 0) is 69.7 Å². The molecule has 2 N–H and O–H groups in total. The summed E-state index contributed by atoms with van der Waals surface area (Å²) in [6, 6.07) is 4.67. The fraction of sp³-hybridized carbons (Fsp3) is 0.513. The van der Waals surface area contributed by atoms with E-state index in [4.69, 9.17) is 0 Å². The summed E-state index contributed by atoms with van der Waals surface area (Å²) in [5.74, 6) is -4.03. The van der Waals surface area contributed by atoms with Gasteiger partial charge in [-0.25, -0.2) is 31.9 Å². The molecule has 2 unspecified atom stereocenters. The first-order chi connectivity index (χ1) is 28.1. The summed E-state index contributed by atoms with van der Waals surface area (Å²) in [6.45, 7) is 0.170. The lowest BCUT2D eigenvalue weighted by molar-refractivity contribution is -0.135. The molecule has 20 heteroatoms. The molecular formula is C39H46F4N12O4. The zero-order chi connectivity index (χ0) is 41.9. The minimum Gasteiger partial charge on any atom is -0.364 e. The lowest BCUT2D eigenvalue weighted by Gasteiger charge is -2.44. The first-order valence-corrected chi connectivity index (χ1v) is 19.7. The molecule has 3 amide bonds. The molecule has 0 radical (unpaired) electrons. The monoisotopic (exact) mass is 822 g/mol. The molecule has 2 aliphatic heterocycles. The van der Waals surface area contributed by atoms with Crippen LogP contribution in [0.2, 0.25) is 0 Å². The van der Waals surface area contributed by atoms with Crippen molar-refractivity contribution >= 4 is 51.6 Å². The van der Waals surface area contributed by atoms with Crippen LogP contribution in [0.3, 0.4) is 0 Å². The van der Waals surface area contributed by atoms with E-state index in [0.29, 0.717) is 61.3 Å². The summed E-state index contributed by atoms with van der Waals surface area (Å²) in [5, 5.41) is 13.2. The van der Waals surface area contributed by atoms with Crippen LogP contribution >= 0.6 is 0 Å². The van der Waals surface area contributed by atoms with Gasteiger partial charge < -0.3 is 15.1 Å². The summed E-state index contributed by atoms with van der Waals surface area (Å²) in [6.07, 6.45) is 4.43. The van der Waals surface area contributed by atoms with Crippen LogP contribution in [0.25, 0.3) is 16.7 Å². The highest BCUT2D eigenvalue weighted by molar-refractivity contribution is 6.08. The molecule has 0 spiro atoms. The number of carbonyl (C=O) groups is 3. The summed E-state index contributed by atoms with van der Waals surface area (Å²) in [5.41, 5.74) is 0.621. The van der Waals surface area contributed by atoms with Crippen molar-refractivity contribution in [2.45, 2.75) is 75.4 Å². The van der Waals surface area contributed by atoms with Gasteiger partial charge in [-0.3, -0.25) is 38.4 Å². The number of imide groups is 1. The van der Waals surface area contributed by atoms with E-state index in [1.54, 1.807) is 73.4 Å². The van der Waals surface area contributed by atoms with Crippen LogP contribution in [0.1, 0.15) is 79.5 Å². The topological polar surface area (TPSA) is 160 Å². The molecule has 5 aromatic rings. The maximum atomic E-state index is 16.1. The van der Waals surface area contributed by atoms with Gasteiger partial charge in [-0.1, -0.05) is 6.07 Å². The molecule has 4 aromatic heterocycles. The molecule has 3 aliphatic rings. The Kier molecular flexibility index (Phi) is 10.5. The number of nitrogens with zero attached hydrogens (tertiary/aromatic N) is 10. The van der Waals surface area contributed by atoms with E-state index in [-0.39, 0.29) is 48.1 Å². The standard InChI is InChI=1S/C39H46F4N12O4/c1-49(2)30-15-17-53-35(46-30)24(18-44-53)36(57)45-25-20-54(48-32(25)34(40)41)23-10-8-22(9-11-23)19-50(3)29-14-16-52(21-39(29,42)43)26-6-5-7-27-33(26)51(4)38(59)55(27)28-12-13-31(56)47-37(28)58/h5-7,15,17-18,20,22-23,28-29,34H,8-14,16,19,21H2,1-4H3,(H,45,57)(H,47,56,58). The van der Waals surface area contributed by atoms with E-state index in [0.717, 1.165) is 0 Å². The fourth-order valence-corrected chi connectivity index (χ4v) is 9.01. The Morgan fingerprint density at radius 1 is 1.05 bits per heavy atom. The van der Waals surface area contributed by atoms with Crippen LogP contribution in [0, 0.1) is 5.92 Å². The van der Waals surface area contributed by atoms with Gasteiger partial charge in [0.1, 0.15) is 17.4 Å². The number of hydrogen-bond acceptors (Lipinski definition) is 10. The third-order valence-corrected chi connectivity index (χ3v) is 12.0. The number of aryl methyl sites for hydroxylation is 1. The van der Waals surface area contributed by atoms with Gasteiger partial charge in [0.05, 0.1) is 47.2 Å². The summed E-state index contributed by atoms with van der Waals surface area (Å²) in [7, 11) is 6.87. The van der Waals surface area contributed by atoms with E-state index >= 15 is 8.78 Å². The quantitative estimate of drug-likeness (QED) is 0.153. The molecular weight excluding hydrogens is 777 g/mol. The van der Waals surface area contributed by atoms with Crippen molar-refractivity contribution in [2.75, 3.05) is 55.9 Å². The number of nitrogens with one attached hydrogen (secondary N) is 2. The number of imidazole rings is 1. The molecule has 2 atom stereocenters. The second-order valence-electron chi connectivity index (χ2n) is 16.1. The summed E-state index contributed by atoms with van der Waals surface area (Å²) in [4.78, 5) is 60.7. The first kappa shape index (κ1) is 40.0. The highest BCUT2D eigenvalue weighted by Gasteiger charge is 2.47. The number of aromatic nitrogens is 7. The molecule has 1 saturated carbocycles. The van der Waals surface area contributed by atoms with Crippen molar-refractivity contribution in [3.05, 3.63) is 64.6 Å². The third-order valence-electron chi connectivity index (χ3n) is 12.0. The Morgan fingerprint density at radius 3 is 2.51 bits per heavy atom. The van der Waals surface area contributed by atoms with E-state index in [1.807, 2.05) is 0 Å². The van der Waals surface area contributed by atoms with Crippen molar-refractivity contribution < 1.29 is 31.9 Å². The minimum absolute atomic E-state index is 0.0883. The second-order valence-corrected chi connectivity index (χ2v) is 16.1. The Morgan fingerprint density at radius 2 is 1.81 bits per heavy atom. The summed E-state index contributed by atoms with van der Waals surface area (Å²) < 4.78 is 66.2.